The summed E-state index contributed by atoms with van der Waals surface area (Å²) in [5.74, 6) is 0. The number of nitriles is 1. The molecule has 0 fully saturated rings. The van der Waals surface area contributed by atoms with Gasteiger partial charge in [0.1, 0.15) is 0 Å². The lowest BCUT2D eigenvalue weighted by molar-refractivity contribution is 1.13. The second-order valence-corrected chi connectivity index (χ2v) is 4.99. The third-order valence-corrected chi connectivity index (χ3v) is 3.70. The van der Waals surface area contributed by atoms with E-state index in [1.807, 2.05) is 6.07 Å². The topological polar surface area (TPSA) is 56.6 Å². The van der Waals surface area contributed by atoms with Gasteiger partial charge in [0.05, 0.1) is 27.6 Å². The molecule has 0 saturated heterocycles. The Bertz CT molecular complexity index is 732. The SMILES string of the molecule is N#CCc1cc(-c2c(Cl)ccc(Cl)c2Cl)c[nH]c1=O. The van der Waals surface area contributed by atoms with Crippen molar-refractivity contribution < 1.29 is 0 Å². The highest BCUT2D eigenvalue weighted by atomic mass is 35.5. The first kappa shape index (κ1) is 14.0. The molecule has 2 rings (SSSR count). The van der Waals surface area contributed by atoms with Gasteiger partial charge in [-0.05, 0) is 18.2 Å². The summed E-state index contributed by atoms with van der Waals surface area (Å²) in [6, 6.07) is 6.74. The summed E-state index contributed by atoms with van der Waals surface area (Å²) in [7, 11) is 0. The molecule has 0 aliphatic rings. The van der Waals surface area contributed by atoms with Gasteiger partial charge in [0.15, 0.2) is 0 Å². The molecule has 0 saturated carbocycles. The average Bonchev–Trinajstić information content (AvgIpc) is 2.38. The second-order valence-electron chi connectivity index (χ2n) is 3.80. The van der Waals surface area contributed by atoms with Gasteiger partial charge in [0, 0.05) is 22.9 Å². The molecule has 6 heteroatoms. The third-order valence-electron chi connectivity index (χ3n) is 2.58. The quantitative estimate of drug-likeness (QED) is 0.850. The number of aromatic nitrogens is 1. The standard InChI is InChI=1S/C13H7Cl3N2O/c14-9-1-2-10(15)12(16)11(9)8-5-7(3-4-17)13(19)18-6-8/h1-2,5-6H,3H2,(H,18,19). The molecule has 96 valence electrons. The highest BCUT2D eigenvalue weighted by molar-refractivity contribution is 6.46. The van der Waals surface area contributed by atoms with Crippen LogP contribution in [0.5, 0.6) is 0 Å². The van der Waals surface area contributed by atoms with Gasteiger partial charge in [0.25, 0.3) is 5.56 Å². The first-order valence-electron chi connectivity index (χ1n) is 5.27. The predicted molar refractivity (Wildman–Crippen MR) is 76.8 cm³/mol. The zero-order valence-electron chi connectivity index (χ0n) is 9.51. The van der Waals surface area contributed by atoms with Crippen LogP contribution in [-0.4, -0.2) is 4.98 Å². The summed E-state index contributed by atoms with van der Waals surface area (Å²) in [6.07, 6.45) is 1.51. The van der Waals surface area contributed by atoms with Crippen molar-refractivity contribution in [2.75, 3.05) is 0 Å². The lowest BCUT2D eigenvalue weighted by atomic mass is 10.0. The van der Waals surface area contributed by atoms with Crippen LogP contribution in [0.4, 0.5) is 0 Å². The van der Waals surface area contributed by atoms with E-state index < -0.39 is 0 Å². The first-order chi connectivity index (χ1) is 9.04. The normalized spacial score (nSPS) is 10.2. The van der Waals surface area contributed by atoms with Crippen molar-refractivity contribution in [2.45, 2.75) is 6.42 Å². The molecule has 19 heavy (non-hydrogen) atoms. The number of pyridine rings is 1. The van der Waals surface area contributed by atoms with Crippen LogP contribution >= 0.6 is 34.8 Å². The summed E-state index contributed by atoms with van der Waals surface area (Å²) in [5, 5.41) is 9.78. The maximum absolute atomic E-state index is 11.5. The zero-order valence-corrected chi connectivity index (χ0v) is 11.8. The molecule has 1 heterocycles. The van der Waals surface area contributed by atoms with Crippen molar-refractivity contribution in [3.8, 4) is 17.2 Å². The fourth-order valence-electron chi connectivity index (χ4n) is 1.68. The van der Waals surface area contributed by atoms with Gasteiger partial charge in [-0.1, -0.05) is 34.8 Å². The third kappa shape index (κ3) is 2.76. The van der Waals surface area contributed by atoms with Gasteiger partial charge in [0.2, 0.25) is 0 Å². The smallest absolute Gasteiger partial charge is 0.252 e. The number of benzene rings is 1. The molecule has 0 atom stereocenters. The van der Waals surface area contributed by atoms with Crippen LogP contribution in [0.3, 0.4) is 0 Å². The molecule has 0 radical (unpaired) electrons. The summed E-state index contributed by atoms with van der Waals surface area (Å²) in [4.78, 5) is 14.1. The minimum atomic E-state index is -0.306. The van der Waals surface area contributed by atoms with E-state index in [9.17, 15) is 4.79 Å². The van der Waals surface area contributed by atoms with Gasteiger partial charge in [-0.3, -0.25) is 4.79 Å². The highest BCUT2D eigenvalue weighted by Gasteiger charge is 2.13. The Morgan fingerprint density at radius 3 is 2.58 bits per heavy atom. The Balaban J connectivity index is 2.67. The van der Waals surface area contributed by atoms with Crippen LogP contribution in [0.25, 0.3) is 11.1 Å². The first-order valence-corrected chi connectivity index (χ1v) is 6.40. The van der Waals surface area contributed by atoms with Crippen molar-refractivity contribution in [1.29, 1.82) is 5.26 Å². The molecule has 0 spiro atoms. The number of nitrogens with zero attached hydrogens (tertiary/aromatic N) is 1. The Morgan fingerprint density at radius 2 is 1.89 bits per heavy atom. The Kier molecular flexibility index (Phi) is 4.16. The molecule has 0 amide bonds. The fourth-order valence-corrected chi connectivity index (χ4v) is 2.43. The number of aromatic amines is 1. The summed E-state index contributed by atoms with van der Waals surface area (Å²) < 4.78 is 0. The van der Waals surface area contributed by atoms with Gasteiger partial charge >= 0.3 is 0 Å². The van der Waals surface area contributed by atoms with Crippen molar-refractivity contribution in [3.63, 3.8) is 0 Å². The number of hydrogen-bond acceptors (Lipinski definition) is 2. The summed E-state index contributed by atoms with van der Waals surface area (Å²) in [5.41, 5.74) is 1.19. The van der Waals surface area contributed by atoms with E-state index in [4.69, 9.17) is 40.1 Å². The van der Waals surface area contributed by atoms with Crippen LogP contribution in [0.1, 0.15) is 5.56 Å². The Morgan fingerprint density at radius 1 is 1.21 bits per heavy atom. The van der Waals surface area contributed by atoms with E-state index in [2.05, 4.69) is 4.98 Å². The van der Waals surface area contributed by atoms with Gasteiger partial charge in [-0.25, -0.2) is 0 Å². The van der Waals surface area contributed by atoms with E-state index in [1.54, 1.807) is 18.2 Å². The van der Waals surface area contributed by atoms with Crippen LogP contribution < -0.4 is 5.56 Å². The van der Waals surface area contributed by atoms with Crippen LogP contribution in [-0.2, 0) is 6.42 Å². The minimum Gasteiger partial charge on any atom is -0.328 e. The minimum absolute atomic E-state index is 0.0129. The monoisotopic (exact) mass is 312 g/mol. The van der Waals surface area contributed by atoms with Crippen molar-refractivity contribution >= 4 is 34.8 Å². The Labute approximate surface area is 124 Å². The Hall–Kier alpha value is -1.47. The maximum Gasteiger partial charge on any atom is 0.252 e. The van der Waals surface area contributed by atoms with Crippen LogP contribution in [0.2, 0.25) is 15.1 Å². The van der Waals surface area contributed by atoms with E-state index in [0.29, 0.717) is 31.8 Å². The number of H-pyrrole nitrogens is 1. The molecule has 0 bridgehead atoms. The van der Waals surface area contributed by atoms with Gasteiger partial charge < -0.3 is 4.98 Å². The van der Waals surface area contributed by atoms with E-state index >= 15 is 0 Å². The molecule has 0 aliphatic heterocycles. The van der Waals surface area contributed by atoms with Crippen molar-refractivity contribution in [1.82, 2.24) is 4.98 Å². The molecule has 1 N–H and O–H groups in total. The van der Waals surface area contributed by atoms with Crippen molar-refractivity contribution in [2.24, 2.45) is 0 Å². The number of nitrogens with one attached hydrogen (secondary N) is 1. The highest BCUT2D eigenvalue weighted by Crippen LogP contribution is 2.38. The molecule has 1 aromatic carbocycles. The zero-order chi connectivity index (χ0) is 14.0. The largest absolute Gasteiger partial charge is 0.328 e. The van der Waals surface area contributed by atoms with Crippen LogP contribution in [0, 0.1) is 11.3 Å². The lowest BCUT2D eigenvalue weighted by Crippen LogP contribution is -2.11. The summed E-state index contributed by atoms with van der Waals surface area (Å²) in [6.45, 7) is 0. The number of rotatable bonds is 2. The molecule has 3 nitrogen and oxygen atoms in total. The van der Waals surface area contributed by atoms with E-state index in [0.717, 1.165) is 0 Å². The second kappa shape index (κ2) is 5.66. The van der Waals surface area contributed by atoms with Crippen LogP contribution in [0.15, 0.2) is 29.2 Å². The number of halogens is 3. The maximum atomic E-state index is 11.5. The molecule has 0 aliphatic carbocycles. The average molecular weight is 314 g/mol. The van der Waals surface area contributed by atoms with Gasteiger partial charge in [-0.15, -0.1) is 0 Å². The van der Waals surface area contributed by atoms with Gasteiger partial charge in [-0.2, -0.15) is 5.26 Å². The fraction of sp³-hybridized carbons (Fsp3) is 0.0769. The predicted octanol–water partition coefficient (Wildman–Crippen LogP) is 4.07. The molecule has 0 unspecified atom stereocenters. The van der Waals surface area contributed by atoms with Crippen molar-refractivity contribution in [3.05, 3.63) is 55.4 Å². The van der Waals surface area contributed by atoms with E-state index in [1.165, 1.54) is 6.20 Å². The lowest BCUT2D eigenvalue weighted by Gasteiger charge is -2.09. The number of hydrogen-bond donors (Lipinski definition) is 1. The summed E-state index contributed by atoms with van der Waals surface area (Å²) >= 11 is 18.2. The molecular weight excluding hydrogens is 307 g/mol. The van der Waals surface area contributed by atoms with E-state index in [-0.39, 0.29) is 12.0 Å². The molecular formula is C13H7Cl3N2O. The molecule has 2 aromatic rings. The molecule has 1 aromatic heterocycles.